The number of halogens is 2. The van der Waals surface area contributed by atoms with Gasteiger partial charge in [0, 0.05) is 46.7 Å². The minimum atomic E-state index is -1.43. The maximum Gasteiger partial charge on any atom is 0.267 e. The van der Waals surface area contributed by atoms with E-state index in [4.69, 9.17) is 8.83 Å². The Morgan fingerprint density at radius 3 is 1.74 bits per heavy atom. The van der Waals surface area contributed by atoms with Crippen molar-refractivity contribution in [2.75, 3.05) is 0 Å². The van der Waals surface area contributed by atoms with Crippen molar-refractivity contribution in [1.82, 2.24) is 14.1 Å². The first-order valence-corrected chi connectivity index (χ1v) is 13.5. The van der Waals surface area contributed by atoms with Crippen LogP contribution in [-0.4, -0.2) is 14.1 Å². The largest absolute Gasteiger partial charge is 0.449 e. The van der Waals surface area contributed by atoms with Crippen LogP contribution in [0.3, 0.4) is 0 Å². The third-order valence-corrected chi connectivity index (χ3v) is 8.44. The lowest BCUT2D eigenvalue weighted by molar-refractivity contribution is 0.468. The Morgan fingerprint density at radius 2 is 1.21 bits per heavy atom. The van der Waals surface area contributed by atoms with Gasteiger partial charge in [0.05, 0.1) is 21.8 Å². The molecule has 0 aliphatic carbocycles. The van der Waals surface area contributed by atoms with Gasteiger partial charge in [-0.15, -0.1) is 0 Å². The number of hydrogen-bond acceptors (Lipinski definition) is 4. The van der Waals surface area contributed by atoms with Gasteiger partial charge in [-0.1, -0.05) is 36.4 Å². The molecule has 0 saturated heterocycles. The van der Waals surface area contributed by atoms with Crippen LogP contribution < -0.4 is 0 Å². The summed E-state index contributed by atoms with van der Waals surface area (Å²) in [5.41, 5.74) is 5.03. The second-order valence-electron chi connectivity index (χ2n) is 10.8. The van der Waals surface area contributed by atoms with Crippen molar-refractivity contribution in [2.45, 2.75) is 13.8 Å². The number of rotatable bonds is 0. The monoisotopic (exact) mass is 556 g/mol. The van der Waals surface area contributed by atoms with E-state index in [-0.39, 0.29) is 11.3 Å². The van der Waals surface area contributed by atoms with E-state index in [1.165, 1.54) is 0 Å². The van der Waals surface area contributed by atoms with E-state index < -0.39 is 17.3 Å². The van der Waals surface area contributed by atoms with Crippen LogP contribution in [0.15, 0.2) is 69.5 Å². The summed E-state index contributed by atoms with van der Waals surface area (Å²) in [6.45, 7) is 3.83. The first kappa shape index (κ1) is 24.4. The second kappa shape index (κ2) is 8.30. The Kier molecular flexibility index (Phi) is 4.82. The molecule has 0 atom stereocenters. The van der Waals surface area contributed by atoms with Crippen LogP contribution in [0.4, 0.5) is 8.78 Å². The van der Waals surface area contributed by atoms with Crippen LogP contribution in [0, 0.1) is 36.9 Å². The van der Waals surface area contributed by atoms with E-state index in [0.29, 0.717) is 11.2 Å². The number of nitriles is 1. The average molecular weight is 557 g/mol. The first-order valence-electron chi connectivity index (χ1n) is 13.5. The Hall–Kier alpha value is -5.42. The van der Waals surface area contributed by atoms with Gasteiger partial charge in [-0.2, -0.15) is 14.6 Å². The molecule has 4 heterocycles. The molecule has 4 aromatic heterocycles. The van der Waals surface area contributed by atoms with Gasteiger partial charge >= 0.3 is 0 Å². The Labute approximate surface area is 236 Å². The molecule has 0 aliphatic heterocycles. The average Bonchev–Trinajstić information content (AvgIpc) is 3.42. The van der Waals surface area contributed by atoms with E-state index in [1.54, 1.807) is 6.07 Å². The Morgan fingerprint density at radius 1 is 0.714 bits per heavy atom. The van der Waals surface area contributed by atoms with Gasteiger partial charge in [0.1, 0.15) is 22.8 Å². The molecular formula is C34H22F2N4O2. The predicted octanol–water partition coefficient (Wildman–Crippen LogP) is 8.91. The van der Waals surface area contributed by atoms with Crippen LogP contribution in [0.5, 0.6) is 0 Å². The number of pyridine rings is 1. The number of aromatic nitrogens is 3. The maximum absolute atomic E-state index is 14.9. The molecule has 0 fully saturated rings. The van der Waals surface area contributed by atoms with Gasteiger partial charge in [0.25, 0.3) is 11.7 Å². The van der Waals surface area contributed by atoms with Crippen molar-refractivity contribution in [1.29, 1.82) is 5.26 Å². The van der Waals surface area contributed by atoms with Gasteiger partial charge in [-0.3, -0.25) is 0 Å². The fraction of sp³-hybridized carbons (Fsp3) is 0.118. The van der Waals surface area contributed by atoms with Crippen LogP contribution in [0.1, 0.15) is 16.7 Å². The highest BCUT2D eigenvalue weighted by molar-refractivity contribution is 6.30. The normalized spacial score (nSPS) is 12.0. The van der Waals surface area contributed by atoms with Crippen LogP contribution >= 0.6 is 0 Å². The highest BCUT2D eigenvalue weighted by Crippen LogP contribution is 2.44. The number of para-hydroxylation sites is 2. The van der Waals surface area contributed by atoms with Gasteiger partial charge < -0.3 is 18.0 Å². The minimum absolute atomic E-state index is 0.263. The molecule has 0 unspecified atom stereocenters. The molecule has 4 aromatic carbocycles. The van der Waals surface area contributed by atoms with E-state index in [9.17, 15) is 14.0 Å². The summed E-state index contributed by atoms with van der Waals surface area (Å²) in [4.78, 5) is 3.77. The Bertz CT molecular complexity index is 2610. The summed E-state index contributed by atoms with van der Waals surface area (Å²) in [6.07, 6.45) is 0. The number of aryl methyl sites for hydroxylation is 4. The number of nitrogens with zero attached hydrogens (tertiary/aromatic N) is 4. The zero-order valence-electron chi connectivity index (χ0n) is 23.1. The van der Waals surface area contributed by atoms with Crippen molar-refractivity contribution >= 4 is 76.8 Å². The summed E-state index contributed by atoms with van der Waals surface area (Å²) in [7, 11) is 4.00. The SMILES string of the molecule is Cc1cc2c3ccccc3n(C)c2c2c1oc1nc(F)c(F)c(C#N)c1oc1c(C)cc3c4ccccc4n(C)c3c12. The Balaban J connectivity index is 1.84. The molecule has 0 spiro atoms. The fourth-order valence-electron chi connectivity index (χ4n) is 6.60. The summed E-state index contributed by atoms with van der Waals surface area (Å²) in [5.74, 6) is -2.81. The molecular weight excluding hydrogens is 534 g/mol. The zero-order chi connectivity index (χ0) is 29.0. The molecule has 0 saturated carbocycles. The standard InChI is InChI=1S/C34H22F2N4O2/c1-16-13-20-18-9-5-7-11-23(18)39(3)28(20)25-26-29-21(19-10-6-8-12-24(19)40(29)4)14-17(2)31(26)42-34-32(41-30(16)25)22(15-37)27(35)33(36)38-34/h5-14H,1-4H3. The topological polar surface area (TPSA) is 72.8 Å². The number of hydrogen-bond donors (Lipinski definition) is 0. The lowest BCUT2D eigenvalue weighted by Crippen LogP contribution is -1.98. The molecule has 42 heavy (non-hydrogen) atoms. The lowest BCUT2D eigenvalue weighted by atomic mass is 9.99. The first-order chi connectivity index (χ1) is 20.3. The van der Waals surface area contributed by atoms with E-state index >= 15 is 0 Å². The van der Waals surface area contributed by atoms with Crippen molar-refractivity contribution in [3.05, 3.63) is 89.1 Å². The summed E-state index contributed by atoms with van der Waals surface area (Å²) < 4.78 is 46.7. The molecule has 204 valence electrons. The minimum Gasteiger partial charge on any atom is -0.449 e. The molecule has 6 nitrogen and oxygen atoms in total. The van der Waals surface area contributed by atoms with Crippen molar-refractivity contribution in [3.63, 3.8) is 0 Å². The van der Waals surface area contributed by atoms with Gasteiger partial charge in [0.15, 0.2) is 5.82 Å². The highest BCUT2D eigenvalue weighted by atomic mass is 19.2. The van der Waals surface area contributed by atoms with E-state index in [1.807, 2.05) is 64.3 Å². The van der Waals surface area contributed by atoms with Crippen molar-refractivity contribution in [3.8, 4) is 6.07 Å². The zero-order valence-corrected chi connectivity index (χ0v) is 23.1. The summed E-state index contributed by atoms with van der Waals surface area (Å²) >= 11 is 0. The van der Waals surface area contributed by atoms with E-state index in [2.05, 4.69) is 38.4 Å². The molecule has 0 radical (unpaired) electrons. The van der Waals surface area contributed by atoms with Gasteiger partial charge in [-0.05, 0) is 49.2 Å². The van der Waals surface area contributed by atoms with Crippen LogP contribution in [-0.2, 0) is 14.1 Å². The van der Waals surface area contributed by atoms with Crippen LogP contribution in [0.2, 0.25) is 0 Å². The maximum atomic E-state index is 14.9. The highest BCUT2D eigenvalue weighted by Gasteiger charge is 2.24. The number of benzene rings is 4. The van der Waals surface area contributed by atoms with Crippen molar-refractivity contribution < 1.29 is 17.6 Å². The van der Waals surface area contributed by atoms with Crippen LogP contribution in [0.25, 0.3) is 76.8 Å². The third-order valence-electron chi connectivity index (χ3n) is 8.44. The molecule has 8 heteroatoms. The molecule has 0 aliphatic rings. The van der Waals surface area contributed by atoms with Crippen molar-refractivity contribution in [2.24, 2.45) is 14.1 Å². The lowest BCUT2D eigenvalue weighted by Gasteiger charge is -2.12. The molecule has 0 amide bonds. The molecule has 8 aromatic rings. The summed E-state index contributed by atoms with van der Waals surface area (Å²) in [6, 6.07) is 22.1. The second-order valence-corrected chi connectivity index (χ2v) is 10.8. The van der Waals surface area contributed by atoms with E-state index in [0.717, 1.165) is 65.5 Å². The summed E-state index contributed by atoms with van der Waals surface area (Å²) in [5, 5.41) is 15.5. The molecule has 0 bridgehead atoms. The van der Waals surface area contributed by atoms with Gasteiger partial charge in [0.2, 0.25) is 5.58 Å². The smallest absolute Gasteiger partial charge is 0.267 e. The number of fused-ring (bicyclic) bond motifs is 12. The molecule has 0 N–H and O–H groups in total. The molecule has 8 rings (SSSR count). The fourth-order valence-corrected chi connectivity index (χ4v) is 6.60. The third kappa shape index (κ3) is 2.97. The van der Waals surface area contributed by atoms with Gasteiger partial charge in [-0.25, -0.2) is 4.39 Å². The predicted molar refractivity (Wildman–Crippen MR) is 161 cm³/mol. The quantitative estimate of drug-likeness (QED) is 0.175.